The van der Waals surface area contributed by atoms with Gasteiger partial charge in [-0.2, -0.15) is 9.61 Å². The number of hydrogen-bond donors (Lipinski definition) is 1. The minimum atomic E-state index is 0.138. The Morgan fingerprint density at radius 2 is 2.24 bits per heavy atom. The number of anilines is 1. The summed E-state index contributed by atoms with van der Waals surface area (Å²) in [7, 11) is 0. The van der Waals surface area contributed by atoms with E-state index in [0.717, 1.165) is 40.7 Å². The van der Waals surface area contributed by atoms with Gasteiger partial charge in [-0.3, -0.25) is 0 Å². The van der Waals surface area contributed by atoms with Gasteiger partial charge in [0.15, 0.2) is 5.65 Å². The maximum Gasteiger partial charge on any atom is 0.157 e. The molecular formula is C15H19N5S. The van der Waals surface area contributed by atoms with Gasteiger partial charge in [-0.05, 0) is 20.3 Å². The molecule has 110 valence electrons. The van der Waals surface area contributed by atoms with E-state index >= 15 is 0 Å². The maximum absolute atomic E-state index is 4.62. The molecule has 0 saturated heterocycles. The van der Waals surface area contributed by atoms with Crippen molar-refractivity contribution in [3.8, 4) is 0 Å². The molecule has 1 unspecified atom stereocenters. The lowest BCUT2D eigenvalue weighted by atomic mass is 10.2. The van der Waals surface area contributed by atoms with Gasteiger partial charge >= 0.3 is 0 Å². The molecule has 0 fully saturated rings. The molecule has 0 saturated carbocycles. The molecule has 1 N–H and O–H groups in total. The zero-order valence-corrected chi connectivity index (χ0v) is 13.3. The molecular weight excluding hydrogens is 282 g/mol. The molecule has 3 aromatic rings. The Morgan fingerprint density at radius 1 is 1.38 bits per heavy atom. The van der Waals surface area contributed by atoms with E-state index in [1.807, 2.05) is 17.5 Å². The maximum atomic E-state index is 4.62. The average molecular weight is 301 g/mol. The molecule has 6 heteroatoms. The van der Waals surface area contributed by atoms with E-state index in [0.29, 0.717) is 0 Å². The number of aromatic nitrogens is 4. The van der Waals surface area contributed by atoms with Crippen molar-refractivity contribution in [2.24, 2.45) is 0 Å². The van der Waals surface area contributed by atoms with Crippen LogP contribution in [-0.4, -0.2) is 19.6 Å². The molecule has 0 aliphatic carbocycles. The number of hydrogen-bond acceptors (Lipinski definition) is 5. The molecule has 0 bridgehead atoms. The smallest absolute Gasteiger partial charge is 0.157 e. The van der Waals surface area contributed by atoms with Crippen LogP contribution in [0.5, 0.6) is 0 Å². The second kappa shape index (κ2) is 5.81. The van der Waals surface area contributed by atoms with Crippen molar-refractivity contribution in [1.29, 1.82) is 0 Å². The molecule has 3 aromatic heterocycles. The Bertz CT molecular complexity index is 745. The largest absolute Gasteiger partial charge is 0.362 e. The zero-order valence-electron chi connectivity index (χ0n) is 12.5. The summed E-state index contributed by atoms with van der Waals surface area (Å²) in [6, 6.07) is 4.15. The fraction of sp³-hybridized carbons (Fsp3) is 0.400. The summed E-state index contributed by atoms with van der Waals surface area (Å²) < 4.78 is 1.84. The lowest BCUT2D eigenvalue weighted by Crippen LogP contribution is -2.12. The van der Waals surface area contributed by atoms with Crippen LogP contribution < -0.4 is 5.32 Å². The van der Waals surface area contributed by atoms with Crippen molar-refractivity contribution in [3.63, 3.8) is 0 Å². The van der Waals surface area contributed by atoms with Crippen LogP contribution in [0.2, 0.25) is 0 Å². The molecule has 0 aromatic carbocycles. The lowest BCUT2D eigenvalue weighted by Gasteiger charge is -2.15. The Kier molecular flexibility index (Phi) is 3.88. The quantitative estimate of drug-likeness (QED) is 0.782. The Hall–Kier alpha value is -1.95. The van der Waals surface area contributed by atoms with Crippen molar-refractivity contribution in [2.45, 2.75) is 39.7 Å². The van der Waals surface area contributed by atoms with Crippen LogP contribution in [0.4, 0.5) is 5.82 Å². The van der Waals surface area contributed by atoms with Gasteiger partial charge in [0.1, 0.15) is 5.82 Å². The first-order valence-corrected chi connectivity index (χ1v) is 8.07. The molecule has 3 heterocycles. The molecule has 0 amide bonds. The highest BCUT2D eigenvalue weighted by Crippen LogP contribution is 2.22. The minimum absolute atomic E-state index is 0.138. The number of rotatable bonds is 5. The van der Waals surface area contributed by atoms with E-state index in [-0.39, 0.29) is 6.04 Å². The zero-order chi connectivity index (χ0) is 14.8. The second-order valence-electron chi connectivity index (χ2n) is 5.14. The fourth-order valence-corrected chi connectivity index (χ4v) is 3.03. The second-order valence-corrected chi connectivity index (χ2v) is 6.20. The summed E-state index contributed by atoms with van der Waals surface area (Å²) >= 11 is 1.67. The monoisotopic (exact) mass is 301 g/mol. The third-order valence-electron chi connectivity index (χ3n) is 3.36. The Labute approximate surface area is 128 Å². The van der Waals surface area contributed by atoms with E-state index in [4.69, 9.17) is 0 Å². The predicted octanol–water partition coefficient (Wildman–Crippen LogP) is 3.62. The number of nitrogens with zero attached hydrogens (tertiary/aromatic N) is 4. The topological polar surface area (TPSA) is 55.1 Å². The number of thiazole rings is 1. The Balaban J connectivity index is 1.93. The van der Waals surface area contributed by atoms with Gasteiger partial charge in [0, 0.05) is 23.2 Å². The minimum Gasteiger partial charge on any atom is -0.362 e. The van der Waals surface area contributed by atoms with Crippen LogP contribution in [0.3, 0.4) is 0 Å². The highest BCUT2D eigenvalue weighted by Gasteiger charge is 2.12. The summed E-state index contributed by atoms with van der Waals surface area (Å²) in [4.78, 5) is 9.16. The van der Waals surface area contributed by atoms with Crippen LogP contribution >= 0.6 is 11.3 Å². The van der Waals surface area contributed by atoms with Gasteiger partial charge in [0.2, 0.25) is 0 Å². The molecule has 5 nitrogen and oxygen atoms in total. The van der Waals surface area contributed by atoms with Crippen molar-refractivity contribution in [2.75, 3.05) is 5.32 Å². The van der Waals surface area contributed by atoms with Gasteiger partial charge in [-0.15, -0.1) is 11.3 Å². The van der Waals surface area contributed by atoms with Crippen molar-refractivity contribution >= 4 is 22.8 Å². The predicted molar refractivity (Wildman–Crippen MR) is 85.9 cm³/mol. The lowest BCUT2D eigenvalue weighted by molar-refractivity contribution is 0.804. The summed E-state index contributed by atoms with van der Waals surface area (Å²) in [6.07, 6.45) is 3.83. The molecule has 0 radical (unpaired) electrons. The van der Waals surface area contributed by atoms with E-state index < -0.39 is 0 Å². The van der Waals surface area contributed by atoms with Crippen LogP contribution in [0.15, 0.2) is 23.7 Å². The van der Waals surface area contributed by atoms with Gasteiger partial charge in [-0.1, -0.05) is 13.3 Å². The summed E-state index contributed by atoms with van der Waals surface area (Å²) in [6.45, 7) is 6.30. The third-order valence-corrected chi connectivity index (χ3v) is 4.16. The molecule has 1 atom stereocenters. The van der Waals surface area contributed by atoms with E-state index in [9.17, 15) is 0 Å². The van der Waals surface area contributed by atoms with Gasteiger partial charge in [0.25, 0.3) is 0 Å². The molecule has 3 rings (SSSR count). The standard InChI is InChI=1S/C15H19N5S/c1-4-5-12-8-15(20-14(19-12)6-7-16-20)17-10(2)13-9-21-11(3)18-13/h6-10,17H,4-5H2,1-3H3. The number of aryl methyl sites for hydroxylation is 2. The summed E-state index contributed by atoms with van der Waals surface area (Å²) in [5, 5.41) is 11.0. The van der Waals surface area contributed by atoms with Crippen LogP contribution in [0.25, 0.3) is 5.65 Å². The first kappa shape index (κ1) is 14.0. The number of nitrogens with one attached hydrogen (secondary N) is 1. The van der Waals surface area contributed by atoms with Gasteiger partial charge < -0.3 is 5.32 Å². The fourth-order valence-electron chi connectivity index (χ4n) is 2.33. The summed E-state index contributed by atoms with van der Waals surface area (Å²) in [5.74, 6) is 0.964. The highest BCUT2D eigenvalue weighted by atomic mass is 32.1. The first-order valence-electron chi connectivity index (χ1n) is 7.19. The van der Waals surface area contributed by atoms with E-state index in [1.165, 1.54) is 0 Å². The molecule has 0 aliphatic rings. The normalized spacial score (nSPS) is 12.7. The SMILES string of the molecule is CCCc1cc(NC(C)c2csc(C)n2)n2nccc2n1. The van der Waals surface area contributed by atoms with Crippen molar-refractivity contribution in [3.05, 3.63) is 40.1 Å². The third kappa shape index (κ3) is 2.90. The molecule has 21 heavy (non-hydrogen) atoms. The van der Waals surface area contributed by atoms with Gasteiger partial charge in [-0.25, -0.2) is 9.97 Å². The van der Waals surface area contributed by atoms with E-state index in [2.05, 4.69) is 45.7 Å². The molecule has 0 spiro atoms. The number of fused-ring (bicyclic) bond motifs is 1. The Morgan fingerprint density at radius 3 is 2.95 bits per heavy atom. The van der Waals surface area contributed by atoms with Crippen LogP contribution in [-0.2, 0) is 6.42 Å². The van der Waals surface area contributed by atoms with Crippen molar-refractivity contribution < 1.29 is 0 Å². The van der Waals surface area contributed by atoms with Gasteiger partial charge in [0.05, 0.1) is 22.9 Å². The van der Waals surface area contributed by atoms with E-state index in [1.54, 1.807) is 17.5 Å². The van der Waals surface area contributed by atoms with Crippen LogP contribution in [0, 0.1) is 6.92 Å². The average Bonchev–Trinajstić information content (AvgIpc) is 3.07. The highest BCUT2D eigenvalue weighted by molar-refractivity contribution is 7.09. The molecule has 0 aliphatic heterocycles. The van der Waals surface area contributed by atoms with Crippen LogP contribution in [0.1, 0.15) is 42.7 Å². The van der Waals surface area contributed by atoms with Crippen molar-refractivity contribution in [1.82, 2.24) is 19.6 Å². The summed E-state index contributed by atoms with van der Waals surface area (Å²) in [5.41, 5.74) is 3.03. The first-order chi connectivity index (χ1) is 10.2.